The van der Waals surface area contributed by atoms with Crippen molar-refractivity contribution in [2.75, 3.05) is 26.8 Å². The molecule has 1 aliphatic heterocycles. The lowest BCUT2D eigenvalue weighted by atomic mass is 10.1. The van der Waals surface area contributed by atoms with E-state index in [9.17, 15) is 18.4 Å². The van der Waals surface area contributed by atoms with Gasteiger partial charge in [-0.05, 0) is 49.1 Å². The van der Waals surface area contributed by atoms with Gasteiger partial charge in [-0.25, -0.2) is 8.78 Å². The highest BCUT2D eigenvalue weighted by Gasteiger charge is 2.26. The third-order valence-corrected chi connectivity index (χ3v) is 5.84. The molecule has 2 heterocycles. The van der Waals surface area contributed by atoms with Crippen LogP contribution in [0.25, 0.3) is 0 Å². The second-order valence-corrected chi connectivity index (χ2v) is 8.51. The fourth-order valence-electron chi connectivity index (χ4n) is 4.00. The van der Waals surface area contributed by atoms with Crippen LogP contribution >= 0.6 is 0 Å². The molecule has 0 saturated carbocycles. The zero-order chi connectivity index (χ0) is 25.5. The summed E-state index contributed by atoms with van der Waals surface area (Å²) >= 11 is 0. The van der Waals surface area contributed by atoms with Crippen LogP contribution in [0.4, 0.5) is 8.78 Å². The van der Waals surface area contributed by atoms with E-state index in [-0.39, 0.29) is 36.2 Å². The van der Waals surface area contributed by atoms with Crippen LogP contribution in [0.1, 0.15) is 45.0 Å². The smallest absolute Gasteiger partial charge is 0.273 e. The zero-order valence-corrected chi connectivity index (χ0v) is 19.8. The highest BCUT2D eigenvalue weighted by molar-refractivity contribution is 5.94. The molecule has 0 spiro atoms. The molecule has 0 aliphatic carbocycles. The number of halogens is 2. The summed E-state index contributed by atoms with van der Waals surface area (Å²) in [5, 5.41) is 6.60. The molecule has 1 aliphatic rings. The van der Waals surface area contributed by atoms with Gasteiger partial charge in [-0.3, -0.25) is 9.59 Å². The van der Waals surface area contributed by atoms with Crippen LogP contribution < -0.4 is 10.1 Å². The molecule has 1 fully saturated rings. The summed E-state index contributed by atoms with van der Waals surface area (Å²) in [4.78, 5) is 27.0. The SMILES string of the molecule is COc1ccc(CCNC(=O)c2cc(CN(CC3CCCO3)C(=O)c3cc(F)cc(F)c3)on2)cc1. The molecule has 1 unspecified atom stereocenters. The molecular formula is C26H27F2N3O5. The van der Waals surface area contributed by atoms with Gasteiger partial charge < -0.3 is 24.2 Å². The topological polar surface area (TPSA) is 93.9 Å². The van der Waals surface area contributed by atoms with Crippen LogP contribution in [-0.2, 0) is 17.7 Å². The number of benzene rings is 2. The van der Waals surface area contributed by atoms with Gasteiger partial charge >= 0.3 is 0 Å². The lowest BCUT2D eigenvalue weighted by molar-refractivity contribution is 0.0486. The maximum absolute atomic E-state index is 13.7. The Morgan fingerprint density at radius 3 is 2.56 bits per heavy atom. The van der Waals surface area contributed by atoms with Gasteiger partial charge in [0.1, 0.15) is 17.4 Å². The van der Waals surface area contributed by atoms with E-state index >= 15 is 0 Å². The number of nitrogens with zero attached hydrogens (tertiary/aromatic N) is 2. The normalized spacial score (nSPS) is 15.0. The average Bonchev–Trinajstić information content (AvgIpc) is 3.55. The summed E-state index contributed by atoms with van der Waals surface area (Å²) in [6.45, 7) is 1.15. The van der Waals surface area contributed by atoms with Crippen molar-refractivity contribution in [2.45, 2.75) is 31.9 Å². The third-order valence-electron chi connectivity index (χ3n) is 5.84. The second kappa shape index (κ2) is 11.8. The summed E-state index contributed by atoms with van der Waals surface area (Å²) in [5.41, 5.74) is 0.983. The van der Waals surface area contributed by atoms with Crippen molar-refractivity contribution in [1.82, 2.24) is 15.4 Å². The number of ether oxygens (including phenoxy) is 2. The number of methoxy groups -OCH3 is 1. The Morgan fingerprint density at radius 2 is 1.89 bits per heavy atom. The van der Waals surface area contributed by atoms with Crippen LogP contribution in [0, 0.1) is 11.6 Å². The minimum atomic E-state index is -0.844. The fourth-order valence-corrected chi connectivity index (χ4v) is 4.00. The van der Waals surface area contributed by atoms with Gasteiger partial charge in [-0.15, -0.1) is 0 Å². The number of nitrogens with one attached hydrogen (secondary N) is 1. The van der Waals surface area contributed by atoms with Gasteiger partial charge in [-0.2, -0.15) is 0 Å². The first-order valence-corrected chi connectivity index (χ1v) is 11.6. The van der Waals surface area contributed by atoms with E-state index in [0.717, 1.165) is 36.3 Å². The maximum atomic E-state index is 13.7. The molecule has 3 aromatic rings. The van der Waals surface area contributed by atoms with Crippen molar-refractivity contribution in [3.05, 3.63) is 82.7 Å². The predicted molar refractivity (Wildman–Crippen MR) is 126 cm³/mol. The van der Waals surface area contributed by atoms with E-state index < -0.39 is 23.4 Å². The number of carbonyl (C=O) groups excluding carboxylic acids is 2. The van der Waals surface area contributed by atoms with Crippen LogP contribution in [0.5, 0.6) is 5.75 Å². The molecular weight excluding hydrogens is 472 g/mol. The minimum Gasteiger partial charge on any atom is -0.497 e. The lowest BCUT2D eigenvalue weighted by Gasteiger charge is -2.24. The quantitative estimate of drug-likeness (QED) is 0.457. The number of hydrogen-bond acceptors (Lipinski definition) is 6. The predicted octanol–water partition coefficient (Wildman–Crippen LogP) is 3.76. The molecule has 1 N–H and O–H groups in total. The van der Waals surface area contributed by atoms with Crippen LogP contribution in [0.2, 0.25) is 0 Å². The third kappa shape index (κ3) is 6.66. The van der Waals surface area contributed by atoms with Gasteiger partial charge in [-0.1, -0.05) is 17.3 Å². The first-order valence-electron chi connectivity index (χ1n) is 11.6. The van der Waals surface area contributed by atoms with Crippen molar-refractivity contribution in [3.63, 3.8) is 0 Å². The van der Waals surface area contributed by atoms with E-state index in [1.807, 2.05) is 24.3 Å². The Hall–Kier alpha value is -3.79. The molecule has 1 atom stereocenters. The maximum Gasteiger partial charge on any atom is 0.273 e. The standard InChI is InChI=1S/C26H27F2N3O5/c1-34-21-6-4-17(5-7-21)8-9-29-25(32)24-14-23(36-30-24)16-31(15-22-3-2-10-35-22)26(33)18-11-19(27)13-20(28)12-18/h4-7,11-14,22H,2-3,8-10,15-16H2,1H3,(H,29,32). The average molecular weight is 500 g/mol. The number of hydrogen-bond donors (Lipinski definition) is 1. The van der Waals surface area contributed by atoms with Crippen LogP contribution in [0.15, 0.2) is 53.1 Å². The number of carbonyl (C=O) groups is 2. The monoisotopic (exact) mass is 499 g/mol. The molecule has 36 heavy (non-hydrogen) atoms. The summed E-state index contributed by atoms with van der Waals surface area (Å²) in [6.07, 6.45) is 2.05. The molecule has 190 valence electrons. The Labute approximate surface area is 207 Å². The van der Waals surface area contributed by atoms with Crippen molar-refractivity contribution in [1.29, 1.82) is 0 Å². The van der Waals surface area contributed by atoms with Crippen molar-refractivity contribution >= 4 is 11.8 Å². The Bertz CT molecular complexity index is 1170. The van der Waals surface area contributed by atoms with Gasteiger partial charge in [0.05, 0.1) is 19.8 Å². The summed E-state index contributed by atoms with van der Waals surface area (Å²) < 4.78 is 43.5. The highest BCUT2D eigenvalue weighted by atomic mass is 19.1. The minimum absolute atomic E-state index is 0.0387. The Kier molecular flexibility index (Phi) is 8.27. The van der Waals surface area contributed by atoms with Crippen molar-refractivity contribution in [3.8, 4) is 5.75 Å². The van der Waals surface area contributed by atoms with E-state index in [1.54, 1.807) is 7.11 Å². The highest BCUT2D eigenvalue weighted by Crippen LogP contribution is 2.19. The van der Waals surface area contributed by atoms with E-state index in [1.165, 1.54) is 11.0 Å². The first kappa shape index (κ1) is 25.3. The lowest BCUT2D eigenvalue weighted by Crippen LogP contribution is -2.37. The van der Waals surface area contributed by atoms with Crippen LogP contribution in [-0.4, -0.2) is 54.8 Å². The van der Waals surface area contributed by atoms with Crippen molar-refractivity contribution < 1.29 is 32.4 Å². The number of rotatable bonds is 10. The molecule has 4 rings (SSSR count). The molecule has 1 saturated heterocycles. The molecule has 2 aromatic carbocycles. The Balaban J connectivity index is 1.38. The van der Waals surface area contributed by atoms with Crippen LogP contribution in [0.3, 0.4) is 0 Å². The number of amides is 2. The van der Waals surface area contributed by atoms with Gasteiger partial charge in [0.15, 0.2) is 11.5 Å². The summed E-state index contributed by atoms with van der Waals surface area (Å²) in [5.74, 6) is -1.66. The Morgan fingerprint density at radius 1 is 1.14 bits per heavy atom. The van der Waals surface area contributed by atoms with E-state index in [0.29, 0.717) is 25.6 Å². The van der Waals surface area contributed by atoms with Gasteiger partial charge in [0.2, 0.25) is 0 Å². The zero-order valence-electron chi connectivity index (χ0n) is 19.8. The molecule has 1 aromatic heterocycles. The van der Waals surface area contributed by atoms with Gasteiger partial charge in [0.25, 0.3) is 11.8 Å². The fraction of sp³-hybridized carbons (Fsp3) is 0.346. The molecule has 0 bridgehead atoms. The summed E-state index contributed by atoms with van der Waals surface area (Å²) in [6, 6.07) is 11.7. The first-order chi connectivity index (χ1) is 17.4. The van der Waals surface area contributed by atoms with Gasteiger partial charge in [0, 0.05) is 37.4 Å². The largest absolute Gasteiger partial charge is 0.497 e. The summed E-state index contributed by atoms with van der Waals surface area (Å²) in [7, 11) is 1.60. The molecule has 10 heteroatoms. The van der Waals surface area contributed by atoms with E-state index in [2.05, 4.69) is 10.5 Å². The van der Waals surface area contributed by atoms with E-state index in [4.69, 9.17) is 14.0 Å². The number of aromatic nitrogens is 1. The van der Waals surface area contributed by atoms with Crippen molar-refractivity contribution in [2.24, 2.45) is 0 Å². The molecule has 2 amide bonds. The molecule has 8 nitrogen and oxygen atoms in total. The molecule has 0 radical (unpaired) electrons. The second-order valence-electron chi connectivity index (χ2n) is 8.51.